The van der Waals surface area contributed by atoms with Crippen LogP contribution in [-0.2, 0) is 0 Å². The Balaban J connectivity index is 1.93. The van der Waals surface area contributed by atoms with E-state index in [0.29, 0.717) is 0 Å². The van der Waals surface area contributed by atoms with Crippen LogP contribution in [0.5, 0.6) is 0 Å². The van der Waals surface area contributed by atoms with E-state index in [-0.39, 0.29) is 5.54 Å². The van der Waals surface area contributed by atoms with Crippen molar-refractivity contribution in [1.29, 1.82) is 0 Å². The van der Waals surface area contributed by atoms with Crippen LogP contribution in [0.2, 0.25) is 0 Å². The van der Waals surface area contributed by atoms with E-state index in [2.05, 4.69) is 25.8 Å². The fraction of sp³-hybridized carbons (Fsp3) is 1.00. The smallest absolute Gasteiger partial charge is 0.0331 e. The molecule has 0 saturated heterocycles. The van der Waals surface area contributed by atoms with Crippen LogP contribution < -0.4 is 5.73 Å². The van der Waals surface area contributed by atoms with E-state index < -0.39 is 0 Å². The molecule has 2 aliphatic rings. The van der Waals surface area contributed by atoms with Gasteiger partial charge in [-0.15, -0.1) is 0 Å². The first-order valence-electron chi connectivity index (χ1n) is 7.54. The molecule has 100 valence electrons. The lowest BCUT2D eigenvalue weighted by Gasteiger charge is -2.45. The van der Waals surface area contributed by atoms with E-state index in [1.807, 2.05) is 0 Å². The van der Waals surface area contributed by atoms with Crippen LogP contribution in [-0.4, -0.2) is 30.1 Å². The first-order chi connectivity index (χ1) is 8.11. The number of nitrogens with zero attached hydrogens (tertiary/aromatic N) is 1. The molecule has 0 spiro atoms. The van der Waals surface area contributed by atoms with E-state index in [1.54, 1.807) is 0 Å². The van der Waals surface area contributed by atoms with Crippen molar-refractivity contribution in [2.75, 3.05) is 13.6 Å². The molecule has 0 aromatic heterocycles. The minimum absolute atomic E-state index is 0.268. The molecule has 17 heavy (non-hydrogen) atoms. The first-order valence-corrected chi connectivity index (χ1v) is 7.54. The Hall–Kier alpha value is -0.0800. The van der Waals surface area contributed by atoms with Gasteiger partial charge < -0.3 is 5.73 Å². The van der Waals surface area contributed by atoms with E-state index in [4.69, 9.17) is 5.73 Å². The van der Waals surface area contributed by atoms with Crippen LogP contribution in [0.4, 0.5) is 0 Å². The zero-order valence-electron chi connectivity index (χ0n) is 11.9. The largest absolute Gasteiger partial charge is 0.329 e. The molecule has 0 aliphatic heterocycles. The third-order valence-electron chi connectivity index (χ3n) is 5.62. The molecule has 2 rings (SSSR count). The summed E-state index contributed by atoms with van der Waals surface area (Å²) in [6.45, 7) is 5.54. The van der Waals surface area contributed by atoms with Gasteiger partial charge in [0.2, 0.25) is 0 Å². The van der Waals surface area contributed by atoms with Gasteiger partial charge in [0.05, 0.1) is 0 Å². The van der Waals surface area contributed by atoms with Gasteiger partial charge in [-0.1, -0.05) is 13.3 Å². The lowest BCUT2D eigenvalue weighted by atomic mass is 9.81. The Kier molecular flexibility index (Phi) is 4.14. The van der Waals surface area contributed by atoms with Gasteiger partial charge in [-0.2, -0.15) is 0 Å². The van der Waals surface area contributed by atoms with Crippen molar-refractivity contribution in [3.05, 3.63) is 0 Å². The summed E-state index contributed by atoms with van der Waals surface area (Å²) in [7, 11) is 2.32. The quantitative estimate of drug-likeness (QED) is 0.798. The van der Waals surface area contributed by atoms with Crippen molar-refractivity contribution in [3.8, 4) is 0 Å². The predicted octanol–water partition coefficient (Wildman–Crippen LogP) is 3.01. The average Bonchev–Trinajstić information content (AvgIpc) is 3.21. The maximum absolute atomic E-state index is 6.07. The summed E-state index contributed by atoms with van der Waals surface area (Å²) < 4.78 is 0. The van der Waals surface area contributed by atoms with Crippen LogP contribution in [0, 0.1) is 11.8 Å². The maximum Gasteiger partial charge on any atom is 0.0331 e. The third kappa shape index (κ3) is 2.68. The van der Waals surface area contributed by atoms with Crippen molar-refractivity contribution in [2.24, 2.45) is 17.6 Å². The molecule has 2 nitrogen and oxygen atoms in total. The maximum atomic E-state index is 6.07. The van der Waals surface area contributed by atoms with E-state index in [1.165, 1.54) is 44.9 Å². The van der Waals surface area contributed by atoms with Crippen LogP contribution in [0.3, 0.4) is 0 Å². The molecule has 0 aromatic rings. The Labute approximate surface area is 107 Å². The van der Waals surface area contributed by atoms with Crippen LogP contribution >= 0.6 is 0 Å². The van der Waals surface area contributed by atoms with Gasteiger partial charge in [0.15, 0.2) is 0 Å². The molecule has 2 fully saturated rings. The highest BCUT2D eigenvalue weighted by atomic mass is 15.2. The standard InChI is InChI=1S/C15H30N2/c1-4-12-5-9-14(10-6-12)17(3)15(2,11-16)13-7-8-13/h12-14H,4-11,16H2,1-3H3. The zero-order valence-corrected chi connectivity index (χ0v) is 11.9. The lowest BCUT2D eigenvalue weighted by Crippen LogP contribution is -2.56. The van der Waals surface area contributed by atoms with Gasteiger partial charge in [-0.25, -0.2) is 0 Å². The molecule has 2 heteroatoms. The van der Waals surface area contributed by atoms with Gasteiger partial charge in [0.25, 0.3) is 0 Å². The molecule has 2 N–H and O–H groups in total. The van der Waals surface area contributed by atoms with E-state index in [0.717, 1.165) is 24.4 Å². The normalized spacial score (nSPS) is 33.7. The first kappa shape index (κ1) is 13.4. The number of nitrogens with two attached hydrogens (primary N) is 1. The summed E-state index contributed by atoms with van der Waals surface area (Å²) in [5.41, 5.74) is 6.33. The minimum atomic E-state index is 0.268. The molecule has 2 saturated carbocycles. The fourth-order valence-electron chi connectivity index (χ4n) is 3.66. The summed E-state index contributed by atoms with van der Waals surface area (Å²) >= 11 is 0. The van der Waals surface area contributed by atoms with Crippen LogP contribution in [0.15, 0.2) is 0 Å². The molecular weight excluding hydrogens is 208 g/mol. The lowest BCUT2D eigenvalue weighted by molar-refractivity contribution is 0.0453. The summed E-state index contributed by atoms with van der Waals surface area (Å²) in [4.78, 5) is 2.64. The highest BCUT2D eigenvalue weighted by Crippen LogP contribution is 2.44. The van der Waals surface area contributed by atoms with Crippen molar-refractivity contribution < 1.29 is 0 Å². The number of rotatable bonds is 5. The molecule has 0 radical (unpaired) electrons. The molecule has 1 unspecified atom stereocenters. The molecule has 2 aliphatic carbocycles. The number of hydrogen-bond acceptors (Lipinski definition) is 2. The second-order valence-electron chi connectivity index (χ2n) is 6.53. The third-order valence-corrected chi connectivity index (χ3v) is 5.62. The predicted molar refractivity (Wildman–Crippen MR) is 74.0 cm³/mol. The SMILES string of the molecule is CCC1CCC(N(C)C(C)(CN)C2CC2)CC1. The minimum Gasteiger partial charge on any atom is -0.329 e. The molecule has 1 atom stereocenters. The summed E-state index contributed by atoms with van der Waals surface area (Å²) in [6.07, 6.45) is 9.78. The van der Waals surface area contributed by atoms with Gasteiger partial charge in [-0.05, 0) is 64.3 Å². The van der Waals surface area contributed by atoms with Crippen LogP contribution in [0.1, 0.15) is 58.8 Å². The molecule has 0 heterocycles. The van der Waals surface area contributed by atoms with E-state index in [9.17, 15) is 0 Å². The van der Waals surface area contributed by atoms with Crippen molar-refractivity contribution in [3.63, 3.8) is 0 Å². The van der Waals surface area contributed by atoms with Crippen LogP contribution in [0.25, 0.3) is 0 Å². The van der Waals surface area contributed by atoms with Crippen molar-refractivity contribution >= 4 is 0 Å². The topological polar surface area (TPSA) is 29.3 Å². The second-order valence-corrected chi connectivity index (χ2v) is 6.53. The van der Waals surface area contributed by atoms with Gasteiger partial charge in [0, 0.05) is 18.1 Å². The van der Waals surface area contributed by atoms with Gasteiger partial charge in [0.1, 0.15) is 0 Å². The van der Waals surface area contributed by atoms with Gasteiger partial charge >= 0.3 is 0 Å². The Bertz CT molecular complexity index is 241. The Morgan fingerprint density at radius 2 is 1.71 bits per heavy atom. The van der Waals surface area contributed by atoms with Crippen molar-refractivity contribution in [2.45, 2.75) is 70.4 Å². The number of hydrogen-bond donors (Lipinski definition) is 1. The summed E-state index contributed by atoms with van der Waals surface area (Å²) in [5, 5.41) is 0. The Morgan fingerprint density at radius 3 is 2.12 bits per heavy atom. The zero-order chi connectivity index (χ0) is 12.5. The summed E-state index contributed by atoms with van der Waals surface area (Å²) in [5.74, 6) is 1.85. The monoisotopic (exact) mass is 238 g/mol. The summed E-state index contributed by atoms with van der Waals surface area (Å²) in [6, 6.07) is 0.784. The highest BCUT2D eigenvalue weighted by molar-refractivity contribution is 5.01. The second kappa shape index (κ2) is 5.27. The molecule has 0 bridgehead atoms. The highest BCUT2D eigenvalue weighted by Gasteiger charge is 2.45. The van der Waals surface area contributed by atoms with Crippen molar-refractivity contribution in [1.82, 2.24) is 4.90 Å². The molecular formula is C15H30N2. The fourth-order valence-corrected chi connectivity index (χ4v) is 3.66. The molecule has 0 amide bonds. The Morgan fingerprint density at radius 1 is 1.12 bits per heavy atom. The molecule has 0 aromatic carbocycles. The number of likely N-dealkylation sites (N-methyl/N-ethyl adjacent to an activating group) is 1. The van der Waals surface area contributed by atoms with E-state index >= 15 is 0 Å². The average molecular weight is 238 g/mol. The van der Waals surface area contributed by atoms with Gasteiger partial charge in [-0.3, -0.25) is 4.90 Å².